The molecule has 2 aromatic rings. The molecule has 1 amide bonds. The van der Waals surface area contributed by atoms with Gasteiger partial charge in [0.15, 0.2) is 0 Å². The average Bonchev–Trinajstić information content (AvgIpc) is 2.60. The molecule has 144 valence electrons. The van der Waals surface area contributed by atoms with E-state index >= 15 is 0 Å². The van der Waals surface area contributed by atoms with Crippen LogP contribution < -0.4 is 20.1 Å². The molecule has 0 spiro atoms. The summed E-state index contributed by atoms with van der Waals surface area (Å²) in [5.74, 6) is 1.98. The summed E-state index contributed by atoms with van der Waals surface area (Å²) in [5, 5.41) is 5.81. The lowest BCUT2D eigenvalue weighted by molar-refractivity contribution is -0.121. The molecule has 0 fully saturated rings. The molecule has 6 nitrogen and oxygen atoms in total. The number of hydrogen-bond donors (Lipinski definition) is 2. The Hall–Kier alpha value is -2.02. The van der Waals surface area contributed by atoms with Crippen LogP contribution in [0, 0.1) is 0 Å². The summed E-state index contributed by atoms with van der Waals surface area (Å²) in [6.45, 7) is 3.68. The predicted molar refractivity (Wildman–Crippen MR) is 107 cm³/mol. The van der Waals surface area contributed by atoms with Crippen LogP contribution in [-0.4, -0.2) is 31.1 Å². The first kappa shape index (κ1) is 24.0. The van der Waals surface area contributed by atoms with Crippen molar-refractivity contribution in [3.05, 3.63) is 48.2 Å². The zero-order valence-electron chi connectivity index (χ0n) is 14.9. The largest absolute Gasteiger partial charge is 0.494 e. The lowest BCUT2D eigenvalue weighted by Gasteiger charge is -2.09. The number of carbonyl (C=O) groups excluding carboxylic acids is 1. The van der Waals surface area contributed by atoms with Gasteiger partial charge in [-0.15, -0.1) is 24.8 Å². The van der Waals surface area contributed by atoms with Crippen LogP contribution in [0.25, 0.3) is 0 Å². The van der Waals surface area contributed by atoms with Crippen LogP contribution in [-0.2, 0) is 11.3 Å². The summed E-state index contributed by atoms with van der Waals surface area (Å²) in [5.41, 5.74) is 0.934. The van der Waals surface area contributed by atoms with E-state index in [1.54, 1.807) is 6.20 Å². The number of ether oxygens (including phenoxy) is 2. The van der Waals surface area contributed by atoms with Crippen LogP contribution in [0.5, 0.6) is 17.4 Å². The van der Waals surface area contributed by atoms with Gasteiger partial charge in [0.05, 0.1) is 6.61 Å². The highest BCUT2D eigenvalue weighted by Crippen LogP contribution is 2.23. The van der Waals surface area contributed by atoms with E-state index < -0.39 is 0 Å². The van der Waals surface area contributed by atoms with Crippen LogP contribution in [0.4, 0.5) is 0 Å². The van der Waals surface area contributed by atoms with Gasteiger partial charge in [-0.1, -0.05) is 0 Å². The number of hydrogen-bond acceptors (Lipinski definition) is 5. The summed E-state index contributed by atoms with van der Waals surface area (Å²) < 4.78 is 11.1. The number of aromatic nitrogens is 1. The Balaban J connectivity index is 0.00000312. The number of amides is 1. The minimum absolute atomic E-state index is 0. The third-order valence-corrected chi connectivity index (χ3v) is 3.25. The Morgan fingerprint density at radius 3 is 2.46 bits per heavy atom. The summed E-state index contributed by atoms with van der Waals surface area (Å²) >= 11 is 0. The molecule has 0 atom stereocenters. The molecule has 0 aliphatic rings. The molecule has 0 aliphatic carbocycles. The van der Waals surface area contributed by atoms with Gasteiger partial charge in [-0.2, -0.15) is 0 Å². The zero-order chi connectivity index (χ0) is 17.2. The van der Waals surface area contributed by atoms with Gasteiger partial charge in [0, 0.05) is 31.8 Å². The van der Waals surface area contributed by atoms with Crippen molar-refractivity contribution in [1.29, 1.82) is 0 Å². The van der Waals surface area contributed by atoms with Gasteiger partial charge in [0.2, 0.25) is 11.8 Å². The minimum atomic E-state index is 0. The Bertz CT molecular complexity index is 654. The molecule has 0 saturated carbocycles. The van der Waals surface area contributed by atoms with E-state index in [1.807, 2.05) is 50.4 Å². The molecule has 2 N–H and O–H groups in total. The van der Waals surface area contributed by atoms with Crippen molar-refractivity contribution in [2.24, 2.45) is 0 Å². The van der Waals surface area contributed by atoms with Crippen molar-refractivity contribution in [3.63, 3.8) is 0 Å². The summed E-state index contributed by atoms with van der Waals surface area (Å²) in [7, 11) is 1.82. The summed E-state index contributed by atoms with van der Waals surface area (Å²) in [6, 6.07) is 11.0. The smallest absolute Gasteiger partial charge is 0.221 e. The van der Waals surface area contributed by atoms with E-state index in [4.69, 9.17) is 9.47 Å². The molecular weight excluding hydrogens is 377 g/mol. The number of pyridine rings is 1. The number of halogens is 2. The van der Waals surface area contributed by atoms with Gasteiger partial charge in [0.25, 0.3) is 0 Å². The monoisotopic (exact) mass is 401 g/mol. The Labute approximate surface area is 166 Å². The van der Waals surface area contributed by atoms with E-state index in [9.17, 15) is 4.79 Å². The van der Waals surface area contributed by atoms with Crippen LogP contribution in [0.2, 0.25) is 0 Å². The lowest BCUT2D eigenvalue weighted by Crippen LogP contribution is -2.26. The van der Waals surface area contributed by atoms with Gasteiger partial charge >= 0.3 is 0 Å². The molecule has 0 bridgehead atoms. The molecule has 2 rings (SSSR count). The Kier molecular flexibility index (Phi) is 12.2. The molecule has 26 heavy (non-hydrogen) atoms. The van der Waals surface area contributed by atoms with Crippen LogP contribution >= 0.6 is 24.8 Å². The molecule has 0 radical (unpaired) electrons. The maximum absolute atomic E-state index is 11.6. The van der Waals surface area contributed by atoms with Crippen molar-refractivity contribution >= 4 is 30.7 Å². The normalized spacial score (nSPS) is 9.46. The maximum atomic E-state index is 11.6. The van der Waals surface area contributed by atoms with E-state index in [1.165, 1.54) is 0 Å². The molecule has 1 heterocycles. The van der Waals surface area contributed by atoms with Crippen LogP contribution in [0.15, 0.2) is 42.6 Å². The Morgan fingerprint density at radius 2 is 1.81 bits per heavy atom. The van der Waals surface area contributed by atoms with Crippen molar-refractivity contribution in [2.45, 2.75) is 19.9 Å². The van der Waals surface area contributed by atoms with E-state index in [-0.39, 0.29) is 30.7 Å². The van der Waals surface area contributed by atoms with E-state index in [0.717, 1.165) is 11.3 Å². The van der Waals surface area contributed by atoms with Gasteiger partial charge in [0.1, 0.15) is 11.5 Å². The minimum Gasteiger partial charge on any atom is -0.494 e. The highest BCUT2D eigenvalue weighted by atomic mass is 35.5. The van der Waals surface area contributed by atoms with Crippen LogP contribution in [0.1, 0.15) is 18.9 Å². The maximum Gasteiger partial charge on any atom is 0.221 e. The number of benzene rings is 1. The van der Waals surface area contributed by atoms with Crippen molar-refractivity contribution < 1.29 is 14.3 Å². The van der Waals surface area contributed by atoms with Gasteiger partial charge in [-0.25, -0.2) is 4.98 Å². The number of rotatable bonds is 9. The van der Waals surface area contributed by atoms with Crippen molar-refractivity contribution in [3.8, 4) is 17.4 Å². The molecule has 0 unspecified atom stereocenters. The van der Waals surface area contributed by atoms with Gasteiger partial charge < -0.3 is 20.1 Å². The van der Waals surface area contributed by atoms with Crippen molar-refractivity contribution in [2.75, 3.05) is 20.2 Å². The summed E-state index contributed by atoms with van der Waals surface area (Å²) in [6.07, 6.45) is 2.12. The van der Waals surface area contributed by atoms with Crippen LogP contribution in [0.3, 0.4) is 0 Å². The highest BCUT2D eigenvalue weighted by molar-refractivity contribution is 5.85. The number of carbonyl (C=O) groups is 1. The first-order chi connectivity index (χ1) is 11.7. The second-order valence-electron chi connectivity index (χ2n) is 5.14. The fourth-order valence-electron chi connectivity index (χ4n) is 2.04. The molecule has 8 heteroatoms. The summed E-state index contributed by atoms with van der Waals surface area (Å²) in [4.78, 5) is 15.8. The first-order valence-electron chi connectivity index (χ1n) is 7.98. The zero-order valence-corrected chi connectivity index (χ0v) is 16.5. The van der Waals surface area contributed by atoms with E-state index in [0.29, 0.717) is 37.7 Å². The first-order valence-corrected chi connectivity index (χ1v) is 7.98. The topological polar surface area (TPSA) is 72.5 Å². The second-order valence-corrected chi connectivity index (χ2v) is 5.14. The molecule has 1 aromatic carbocycles. The molecule has 0 aliphatic heterocycles. The van der Waals surface area contributed by atoms with E-state index in [2.05, 4.69) is 15.6 Å². The predicted octanol–water partition coefficient (Wildman–Crippen LogP) is 3.34. The quantitative estimate of drug-likeness (QED) is 0.673. The average molecular weight is 402 g/mol. The highest BCUT2D eigenvalue weighted by Gasteiger charge is 2.04. The third kappa shape index (κ3) is 8.38. The van der Waals surface area contributed by atoms with Gasteiger partial charge in [-0.3, -0.25) is 4.79 Å². The fraction of sp³-hybridized carbons (Fsp3) is 0.333. The SMILES string of the molecule is CCOc1ccc(Oc2cc(CNC(=O)CCNC)ccn2)cc1.Cl.Cl. The number of nitrogens with zero attached hydrogens (tertiary/aromatic N) is 1. The molecule has 0 saturated heterocycles. The molecule has 1 aromatic heterocycles. The standard InChI is InChI=1S/C18H23N3O3.2ClH/c1-3-23-15-4-6-16(7-5-15)24-18-12-14(8-11-20-18)13-21-17(22)9-10-19-2;;/h4-8,11-12,19H,3,9-10,13H2,1-2H3,(H,21,22);2*1H. The van der Waals surface area contributed by atoms with Crippen molar-refractivity contribution in [1.82, 2.24) is 15.6 Å². The van der Waals surface area contributed by atoms with Gasteiger partial charge in [-0.05, 0) is 49.9 Å². The lowest BCUT2D eigenvalue weighted by atomic mass is 10.2. The fourth-order valence-corrected chi connectivity index (χ4v) is 2.04. The third-order valence-electron chi connectivity index (χ3n) is 3.25. The Morgan fingerprint density at radius 1 is 1.12 bits per heavy atom. The second kappa shape index (κ2) is 13.2. The molecular formula is C18H25Cl2N3O3. The number of nitrogens with one attached hydrogen (secondary N) is 2.